The number of phenolic OH excluding ortho intramolecular Hbond substituents is 1. The van der Waals surface area contributed by atoms with Crippen LogP contribution >= 0.6 is 23.2 Å². The summed E-state index contributed by atoms with van der Waals surface area (Å²) < 4.78 is 26.6. The van der Waals surface area contributed by atoms with E-state index in [9.17, 15) is 13.5 Å². The van der Waals surface area contributed by atoms with Gasteiger partial charge in [-0.3, -0.25) is 4.98 Å². The summed E-state index contributed by atoms with van der Waals surface area (Å²) in [6.45, 7) is 0.0414. The Morgan fingerprint density at radius 1 is 1.30 bits per heavy atom. The Bertz CT molecular complexity index is 721. The molecule has 0 saturated carbocycles. The normalized spacial score (nSPS) is 11.5. The Kier molecular flexibility index (Phi) is 4.49. The van der Waals surface area contributed by atoms with Crippen molar-refractivity contribution in [3.05, 3.63) is 52.3 Å². The van der Waals surface area contributed by atoms with Crippen LogP contribution in [0, 0.1) is 0 Å². The molecule has 0 fully saturated rings. The van der Waals surface area contributed by atoms with Crippen LogP contribution in [0.3, 0.4) is 0 Å². The van der Waals surface area contributed by atoms with E-state index in [0.29, 0.717) is 5.56 Å². The molecule has 0 amide bonds. The van der Waals surface area contributed by atoms with E-state index < -0.39 is 15.8 Å². The van der Waals surface area contributed by atoms with Gasteiger partial charge < -0.3 is 5.11 Å². The number of aromatic hydroxyl groups is 1. The quantitative estimate of drug-likeness (QED) is 0.901. The van der Waals surface area contributed by atoms with Crippen LogP contribution in [0.15, 0.2) is 41.6 Å². The molecule has 0 aliphatic rings. The summed E-state index contributed by atoms with van der Waals surface area (Å²) in [7, 11) is -3.93. The van der Waals surface area contributed by atoms with Crippen molar-refractivity contribution in [1.82, 2.24) is 9.71 Å². The van der Waals surface area contributed by atoms with Crippen LogP contribution in [0.25, 0.3) is 0 Å². The molecular weight excluding hydrogens is 323 g/mol. The zero-order valence-corrected chi connectivity index (χ0v) is 12.4. The third-order valence-electron chi connectivity index (χ3n) is 2.47. The number of benzene rings is 1. The average Bonchev–Trinajstić information content (AvgIpc) is 2.42. The van der Waals surface area contributed by atoms with Crippen molar-refractivity contribution in [1.29, 1.82) is 0 Å². The van der Waals surface area contributed by atoms with E-state index >= 15 is 0 Å². The molecule has 0 aliphatic heterocycles. The molecule has 8 heteroatoms. The van der Waals surface area contributed by atoms with Crippen LogP contribution in [0.2, 0.25) is 10.0 Å². The molecule has 0 aliphatic carbocycles. The van der Waals surface area contributed by atoms with E-state index in [4.69, 9.17) is 23.2 Å². The minimum Gasteiger partial charge on any atom is -0.505 e. The summed E-state index contributed by atoms with van der Waals surface area (Å²) in [5, 5.41) is 9.73. The molecule has 0 atom stereocenters. The molecule has 0 bridgehead atoms. The summed E-state index contributed by atoms with van der Waals surface area (Å²) in [5.41, 5.74) is 0.684. The Morgan fingerprint density at radius 3 is 2.70 bits per heavy atom. The van der Waals surface area contributed by atoms with E-state index in [0.717, 1.165) is 6.07 Å². The van der Waals surface area contributed by atoms with Crippen molar-refractivity contribution in [2.75, 3.05) is 0 Å². The molecule has 1 aromatic heterocycles. The third kappa shape index (κ3) is 3.40. The number of pyridine rings is 1. The van der Waals surface area contributed by atoms with Crippen molar-refractivity contribution in [3.8, 4) is 5.75 Å². The molecule has 2 rings (SSSR count). The summed E-state index contributed by atoms with van der Waals surface area (Å²) >= 11 is 11.5. The van der Waals surface area contributed by atoms with Gasteiger partial charge in [0.05, 0.1) is 5.02 Å². The van der Waals surface area contributed by atoms with Gasteiger partial charge in [-0.05, 0) is 23.8 Å². The van der Waals surface area contributed by atoms with Crippen molar-refractivity contribution in [3.63, 3.8) is 0 Å². The van der Waals surface area contributed by atoms with Gasteiger partial charge in [0.2, 0.25) is 10.0 Å². The number of hydrogen-bond donors (Lipinski definition) is 2. The highest BCUT2D eigenvalue weighted by Crippen LogP contribution is 2.33. The monoisotopic (exact) mass is 332 g/mol. The molecule has 5 nitrogen and oxygen atoms in total. The number of aromatic nitrogens is 1. The Hall–Kier alpha value is -1.34. The molecular formula is C12H10Cl2N2O3S. The topological polar surface area (TPSA) is 79.3 Å². The summed E-state index contributed by atoms with van der Waals surface area (Å²) in [5.74, 6) is -0.533. The Balaban J connectivity index is 2.27. The first kappa shape index (κ1) is 15.1. The molecule has 2 aromatic rings. The lowest BCUT2D eigenvalue weighted by Crippen LogP contribution is -2.23. The number of phenols is 1. The first-order valence-electron chi connectivity index (χ1n) is 5.47. The minimum atomic E-state index is -3.93. The molecule has 1 heterocycles. The molecule has 1 aromatic carbocycles. The molecule has 0 unspecified atom stereocenters. The number of halogens is 2. The van der Waals surface area contributed by atoms with Crippen LogP contribution in [0.5, 0.6) is 5.75 Å². The SMILES string of the molecule is O=S(=O)(NCc1cccnc1)c1cc(Cl)cc(Cl)c1O. The van der Waals surface area contributed by atoms with Gasteiger partial charge in [-0.25, -0.2) is 13.1 Å². The summed E-state index contributed by atoms with van der Waals surface area (Å²) in [6.07, 6.45) is 3.12. The lowest BCUT2D eigenvalue weighted by molar-refractivity contribution is 0.458. The maximum atomic E-state index is 12.1. The van der Waals surface area contributed by atoms with Crippen LogP contribution in [-0.2, 0) is 16.6 Å². The van der Waals surface area contributed by atoms with E-state index in [1.807, 2.05) is 0 Å². The summed E-state index contributed by atoms with van der Waals surface area (Å²) in [6, 6.07) is 5.81. The third-order valence-corrected chi connectivity index (χ3v) is 4.39. The average molecular weight is 333 g/mol. The maximum absolute atomic E-state index is 12.1. The zero-order chi connectivity index (χ0) is 14.8. The Morgan fingerprint density at radius 2 is 2.05 bits per heavy atom. The van der Waals surface area contributed by atoms with E-state index in [1.165, 1.54) is 12.3 Å². The second-order valence-corrected chi connectivity index (χ2v) is 6.50. The van der Waals surface area contributed by atoms with Crippen molar-refractivity contribution in [2.24, 2.45) is 0 Å². The van der Waals surface area contributed by atoms with E-state index in [1.54, 1.807) is 18.3 Å². The van der Waals surface area contributed by atoms with Crippen LogP contribution in [0.4, 0.5) is 0 Å². The van der Waals surface area contributed by atoms with Gasteiger partial charge in [-0.2, -0.15) is 0 Å². The number of nitrogens with one attached hydrogen (secondary N) is 1. The fourth-order valence-electron chi connectivity index (χ4n) is 1.51. The smallest absolute Gasteiger partial charge is 0.244 e. The predicted molar refractivity (Wildman–Crippen MR) is 76.4 cm³/mol. The highest BCUT2D eigenvalue weighted by molar-refractivity contribution is 7.89. The summed E-state index contributed by atoms with van der Waals surface area (Å²) in [4.78, 5) is 3.52. The molecule has 2 N–H and O–H groups in total. The number of rotatable bonds is 4. The van der Waals surface area contributed by atoms with E-state index in [2.05, 4.69) is 9.71 Å². The van der Waals surface area contributed by atoms with Crippen LogP contribution in [0.1, 0.15) is 5.56 Å². The predicted octanol–water partition coefficient (Wildman–Crippen LogP) is 2.57. The highest BCUT2D eigenvalue weighted by atomic mass is 35.5. The maximum Gasteiger partial charge on any atom is 0.244 e. The second-order valence-electron chi connectivity index (χ2n) is 3.92. The lowest BCUT2D eigenvalue weighted by atomic mass is 10.3. The van der Waals surface area contributed by atoms with Crippen LogP contribution in [-0.4, -0.2) is 18.5 Å². The van der Waals surface area contributed by atoms with Gasteiger partial charge in [0.15, 0.2) is 5.75 Å². The van der Waals surface area contributed by atoms with Crippen molar-refractivity contribution >= 4 is 33.2 Å². The van der Waals surface area contributed by atoms with E-state index in [-0.39, 0.29) is 21.5 Å². The molecule has 0 spiro atoms. The molecule has 0 saturated heterocycles. The largest absolute Gasteiger partial charge is 0.505 e. The Labute approximate surface area is 126 Å². The van der Waals surface area contributed by atoms with Crippen LogP contribution < -0.4 is 4.72 Å². The zero-order valence-electron chi connectivity index (χ0n) is 10.0. The fraction of sp³-hybridized carbons (Fsp3) is 0.0833. The van der Waals surface area contributed by atoms with Crippen molar-refractivity contribution < 1.29 is 13.5 Å². The number of sulfonamides is 1. The lowest BCUT2D eigenvalue weighted by Gasteiger charge is -2.09. The molecule has 106 valence electrons. The first-order valence-corrected chi connectivity index (χ1v) is 7.70. The molecule has 0 radical (unpaired) electrons. The number of nitrogens with zero attached hydrogens (tertiary/aromatic N) is 1. The van der Waals surface area contributed by atoms with Gasteiger partial charge in [-0.15, -0.1) is 0 Å². The second kappa shape index (κ2) is 5.97. The van der Waals surface area contributed by atoms with Gasteiger partial charge in [0, 0.05) is 24.0 Å². The molecule has 20 heavy (non-hydrogen) atoms. The van der Waals surface area contributed by atoms with Gasteiger partial charge in [0.25, 0.3) is 0 Å². The minimum absolute atomic E-state index is 0.0414. The number of hydrogen-bond acceptors (Lipinski definition) is 4. The van der Waals surface area contributed by atoms with Gasteiger partial charge in [-0.1, -0.05) is 29.3 Å². The van der Waals surface area contributed by atoms with Crippen molar-refractivity contribution in [2.45, 2.75) is 11.4 Å². The fourth-order valence-corrected chi connectivity index (χ4v) is 3.28. The van der Waals surface area contributed by atoms with Gasteiger partial charge in [0.1, 0.15) is 4.90 Å². The van der Waals surface area contributed by atoms with Gasteiger partial charge >= 0.3 is 0 Å². The highest BCUT2D eigenvalue weighted by Gasteiger charge is 2.21. The standard InChI is InChI=1S/C12H10Cl2N2O3S/c13-9-4-10(14)12(17)11(5-9)20(18,19)16-7-8-2-1-3-15-6-8/h1-6,16-17H,7H2. The first-order chi connectivity index (χ1) is 9.40.